The highest BCUT2D eigenvalue weighted by atomic mass is 16.5. The molecular formula is C11H22N2O. The average Bonchev–Trinajstić information content (AvgIpc) is 2.22. The normalized spacial score (nSPS) is 14.7. The van der Waals surface area contributed by atoms with Crippen molar-refractivity contribution >= 4 is 0 Å². The topological polar surface area (TPSA) is 59.0 Å². The maximum atomic E-state index is 8.44. The fourth-order valence-corrected chi connectivity index (χ4v) is 1.30. The van der Waals surface area contributed by atoms with Crippen molar-refractivity contribution < 1.29 is 4.74 Å². The zero-order valence-electron chi connectivity index (χ0n) is 9.33. The highest BCUT2D eigenvalue weighted by molar-refractivity contribution is 4.85. The number of nitrogens with two attached hydrogens (primary N) is 1. The van der Waals surface area contributed by atoms with E-state index in [-0.39, 0.29) is 0 Å². The lowest BCUT2D eigenvalue weighted by Crippen LogP contribution is -2.25. The minimum atomic E-state index is -0.473. The summed E-state index contributed by atoms with van der Waals surface area (Å²) in [5.41, 5.74) is 5.41. The van der Waals surface area contributed by atoms with E-state index in [9.17, 15) is 0 Å². The molecule has 0 aromatic heterocycles. The van der Waals surface area contributed by atoms with Gasteiger partial charge >= 0.3 is 0 Å². The summed E-state index contributed by atoms with van der Waals surface area (Å²) in [4.78, 5) is 0. The molecule has 3 heteroatoms. The lowest BCUT2D eigenvalue weighted by molar-refractivity contribution is 0.0914. The van der Waals surface area contributed by atoms with Gasteiger partial charge in [0.25, 0.3) is 0 Å². The first-order valence-electron chi connectivity index (χ1n) is 5.47. The van der Waals surface area contributed by atoms with Gasteiger partial charge in [0.05, 0.1) is 12.7 Å². The third-order valence-electron chi connectivity index (χ3n) is 2.36. The van der Waals surface area contributed by atoms with Crippen LogP contribution in [0.3, 0.4) is 0 Å². The van der Waals surface area contributed by atoms with E-state index < -0.39 is 6.04 Å². The van der Waals surface area contributed by atoms with Crippen molar-refractivity contribution in [2.75, 3.05) is 13.2 Å². The van der Waals surface area contributed by atoms with Crippen LogP contribution in [-0.2, 0) is 4.74 Å². The summed E-state index contributed by atoms with van der Waals surface area (Å²) in [6.07, 6.45) is 4.84. The van der Waals surface area contributed by atoms with Crippen molar-refractivity contribution in [3.05, 3.63) is 0 Å². The Labute approximate surface area is 87.2 Å². The summed E-state index contributed by atoms with van der Waals surface area (Å²) >= 11 is 0. The van der Waals surface area contributed by atoms with Crippen molar-refractivity contribution in [2.45, 2.75) is 45.6 Å². The zero-order valence-corrected chi connectivity index (χ0v) is 9.33. The van der Waals surface area contributed by atoms with Crippen LogP contribution in [0.15, 0.2) is 0 Å². The van der Waals surface area contributed by atoms with Crippen LogP contribution < -0.4 is 5.73 Å². The summed E-state index contributed by atoms with van der Waals surface area (Å²) < 4.78 is 5.39. The number of hydrogen-bond donors (Lipinski definition) is 1. The average molecular weight is 198 g/mol. The maximum absolute atomic E-state index is 8.44. The van der Waals surface area contributed by atoms with Gasteiger partial charge in [-0.2, -0.15) is 5.26 Å². The van der Waals surface area contributed by atoms with Crippen LogP contribution in [0.25, 0.3) is 0 Å². The van der Waals surface area contributed by atoms with E-state index in [0.717, 1.165) is 13.0 Å². The summed E-state index contributed by atoms with van der Waals surface area (Å²) in [6.45, 7) is 5.47. The quantitative estimate of drug-likeness (QED) is 0.649. The van der Waals surface area contributed by atoms with Crippen molar-refractivity contribution in [3.63, 3.8) is 0 Å². The van der Waals surface area contributed by atoms with Crippen LogP contribution >= 0.6 is 0 Å². The Morgan fingerprint density at radius 3 is 2.57 bits per heavy atom. The molecule has 0 fully saturated rings. The molecule has 0 saturated carbocycles. The first-order chi connectivity index (χ1) is 6.74. The largest absolute Gasteiger partial charge is 0.378 e. The van der Waals surface area contributed by atoms with E-state index in [1.165, 1.54) is 19.3 Å². The molecule has 2 atom stereocenters. The van der Waals surface area contributed by atoms with Crippen LogP contribution in [0.5, 0.6) is 0 Å². The summed E-state index contributed by atoms with van der Waals surface area (Å²) in [5.74, 6) is 0.626. The number of nitriles is 1. The number of ether oxygens (including phenoxy) is 1. The second-order valence-corrected chi connectivity index (χ2v) is 3.69. The van der Waals surface area contributed by atoms with Crippen LogP contribution in [0.4, 0.5) is 0 Å². The fraction of sp³-hybridized carbons (Fsp3) is 0.909. The van der Waals surface area contributed by atoms with E-state index in [4.69, 9.17) is 15.7 Å². The van der Waals surface area contributed by atoms with Gasteiger partial charge in [0.2, 0.25) is 0 Å². The van der Waals surface area contributed by atoms with Crippen LogP contribution in [0, 0.1) is 17.2 Å². The number of hydrogen-bond acceptors (Lipinski definition) is 3. The van der Waals surface area contributed by atoms with Crippen LogP contribution in [0.1, 0.15) is 39.5 Å². The molecule has 0 aliphatic rings. The molecular weight excluding hydrogens is 176 g/mol. The monoisotopic (exact) mass is 198 g/mol. The highest BCUT2D eigenvalue weighted by Crippen LogP contribution is 2.12. The Balaban J connectivity index is 3.48. The second-order valence-electron chi connectivity index (χ2n) is 3.69. The summed E-state index contributed by atoms with van der Waals surface area (Å²) in [7, 11) is 0. The van der Waals surface area contributed by atoms with Gasteiger partial charge in [0, 0.05) is 6.61 Å². The first-order valence-corrected chi connectivity index (χ1v) is 5.47. The van der Waals surface area contributed by atoms with Gasteiger partial charge in [0.1, 0.15) is 6.04 Å². The number of nitrogens with zero attached hydrogens (tertiary/aromatic N) is 1. The Morgan fingerprint density at radius 1 is 1.36 bits per heavy atom. The van der Waals surface area contributed by atoms with E-state index in [1.54, 1.807) is 0 Å². The van der Waals surface area contributed by atoms with E-state index in [0.29, 0.717) is 12.5 Å². The second kappa shape index (κ2) is 8.98. The van der Waals surface area contributed by atoms with Gasteiger partial charge in [0.15, 0.2) is 0 Å². The lowest BCUT2D eigenvalue weighted by Gasteiger charge is -2.14. The molecule has 0 aliphatic heterocycles. The smallest absolute Gasteiger partial charge is 0.116 e. The fourth-order valence-electron chi connectivity index (χ4n) is 1.30. The SMILES string of the molecule is CCCCC(CC)COCC(N)C#N. The molecule has 82 valence electrons. The molecule has 0 saturated heterocycles. The van der Waals surface area contributed by atoms with Crippen molar-refractivity contribution in [2.24, 2.45) is 11.7 Å². The third kappa shape index (κ3) is 6.88. The molecule has 3 nitrogen and oxygen atoms in total. The molecule has 2 unspecified atom stereocenters. The van der Waals surface area contributed by atoms with Crippen LogP contribution in [0.2, 0.25) is 0 Å². The molecule has 0 radical (unpaired) electrons. The van der Waals surface area contributed by atoms with E-state index in [1.807, 2.05) is 6.07 Å². The van der Waals surface area contributed by atoms with Crippen molar-refractivity contribution in [3.8, 4) is 6.07 Å². The Kier molecular flexibility index (Phi) is 8.61. The molecule has 0 aliphatic carbocycles. The zero-order chi connectivity index (χ0) is 10.8. The molecule has 2 N–H and O–H groups in total. The van der Waals surface area contributed by atoms with Crippen LogP contribution in [-0.4, -0.2) is 19.3 Å². The van der Waals surface area contributed by atoms with E-state index in [2.05, 4.69) is 13.8 Å². The number of rotatable bonds is 8. The lowest BCUT2D eigenvalue weighted by atomic mass is 10.0. The molecule has 0 bridgehead atoms. The van der Waals surface area contributed by atoms with Gasteiger partial charge in [-0.05, 0) is 12.3 Å². The van der Waals surface area contributed by atoms with Gasteiger partial charge in [-0.3, -0.25) is 0 Å². The molecule has 0 rings (SSSR count). The molecule has 0 spiro atoms. The van der Waals surface area contributed by atoms with Crippen molar-refractivity contribution in [1.82, 2.24) is 0 Å². The van der Waals surface area contributed by atoms with Gasteiger partial charge in [-0.1, -0.05) is 33.1 Å². The molecule has 0 heterocycles. The standard InChI is InChI=1S/C11H22N2O/c1-3-5-6-10(4-2)8-14-9-11(13)7-12/h10-11H,3-6,8-9,13H2,1-2H3. The van der Waals surface area contributed by atoms with E-state index >= 15 is 0 Å². The Bertz CT molecular complexity index is 165. The molecule has 0 amide bonds. The predicted octanol–water partition coefficient (Wildman–Crippen LogP) is 2.07. The third-order valence-corrected chi connectivity index (χ3v) is 2.36. The Morgan fingerprint density at radius 2 is 2.07 bits per heavy atom. The maximum Gasteiger partial charge on any atom is 0.116 e. The predicted molar refractivity (Wildman–Crippen MR) is 57.7 cm³/mol. The first kappa shape index (κ1) is 13.4. The van der Waals surface area contributed by atoms with Crippen molar-refractivity contribution in [1.29, 1.82) is 5.26 Å². The minimum absolute atomic E-state index is 0.360. The minimum Gasteiger partial charge on any atom is -0.378 e. The highest BCUT2D eigenvalue weighted by Gasteiger charge is 2.07. The summed E-state index contributed by atoms with van der Waals surface area (Å²) in [6, 6.07) is 1.48. The van der Waals surface area contributed by atoms with Gasteiger partial charge in [-0.25, -0.2) is 0 Å². The van der Waals surface area contributed by atoms with Gasteiger partial charge < -0.3 is 10.5 Å². The molecule has 0 aromatic rings. The molecule has 14 heavy (non-hydrogen) atoms. The van der Waals surface area contributed by atoms with Gasteiger partial charge in [-0.15, -0.1) is 0 Å². The summed E-state index contributed by atoms with van der Waals surface area (Å²) in [5, 5.41) is 8.44. The Hall–Kier alpha value is -0.590. The number of unbranched alkanes of at least 4 members (excludes halogenated alkanes) is 1. The molecule has 0 aromatic carbocycles.